The van der Waals surface area contributed by atoms with Crippen molar-refractivity contribution >= 4 is 28.6 Å². The molecule has 202 valence electrons. The standard InChI is InChI=1S/C30H31N3O6/c1-17(2)26(27(35)25-18(3)28(36)33-29(25)37)32-24(34)16-23(20-10-5-4-6-11-20)31-30(38)39-22-14-13-19-9-7-8-12-21(19)15-22/h4-15,17,23,26,33,36-37H,16H2,1-3H3,(H,31,38)(H,32,34)/t23?,26-/m0/s1. The topological polar surface area (TPSA) is 141 Å². The lowest BCUT2D eigenvalue weighted by molar-refractivity contribution is -0.122. The highest BCUT2D eigenvalue weighted by Gasteiger charge is 2.31. The van der Waals surface area contributed by atoms with Gasteiger partial charge in [0, 0.05) is 5.56 Å². The number of carbonyl (C=O) groups excluding carboxylic acids is 3. The maximum absolute atomic E-state index is 13.2. The van der Waals surface area contributed by atoms with Crippen molar-refractivity contribution in [2.45, 2.75) is 39.3 Å². The SMILES string of the molecule is Cc1c(O)[nH]c(O)c1C(=O)[C@@H](NC(=O)CC(NC(=O)Oc1ccc2ccccc2c1)c1ccccc1)C(C)C. The van der Waals surface area contributed by atoms with Crippen LogP contribution in [0.1, 0.15) is 47.8 Å². The Balaban J connectivity index is 1.49. The molecule has 0 fully saturated rings. The first kappa shape index (κ1) is 27.3. The Labute approximate surface area is 225 Å². The Kier molecular flexibility index (Phi) is 8.19. The molecule has 0 saturated heterocycles. The van der Waals surface area contributed by atoms with Gasteiger partial charge >= 0.3 is 6.09 Å². The van der Waals surface area contributed by atoms with Crippen molar-refractivity contribution < 1.29 is 29.3 Å². The predicted octanol–water partition coefficient (Wildman–Crippen LogP) is 5.13. The lowest BCUT2D eigenvalue weighted by Gasteiger charge is -2.24. The minimum Gasteiger partial charge on any atom is -0.494 e. The Hall–Kier alpha value is -4.79. The van der Waals surface area contributed by atoms with Gasteiger partial charge in [-0.05, 0) is 41.3 Å². The summed E-state index contributed by atoms with van der Waals surface area (Å²) in [7, 11) is 0. The number of carbonyl (C=O) groups is 3. The number of fused-ring (bicyclic) bond motifs is 1. The molecule has 4 aromatic rings. The number of benzene rings is 3. The molecule has 2 amide bonds. The molecule has 4 rings (SSSR count). The van der Waals surface area contributed by atoms with E-state index in [-0.39, 0.29) is 29.3 Å². The molecule has 1 aromatic heterocycles. The van der Waals surface area contributed by atoms with Crippen molar-refractivity contribution in [3.63, 3.8) is 0 Å². The number of nitrogens with one attached hydrogen (secondary N) is 3. The largest absolute Gasteiger partial charge is 0.494 e. The van der Waals surface area contributed by atoms with Crippen LogP contribution in [0.15, 0.2) is 72.8 Å². The fourth-order valence-electron chi connectivity index (χ4n) is 4.42. The zero-order chi connectivity index (χ0) is 28.1. The van der Waals surface area contributed by atoms with Crippen molar-refractivity contribution in [2.24, 2.45) is 5.92 Å². The quantitative estimate of drug-likeness (QED) is 0.190. The summed E-state index contributed by atoms with van der Waals surface area (Å²) < 4.78 is 5.51. The molecule has 0 radical (unpaired) electrons. The number of rotatable bonds is 9. The predicted molar refractivity (Wildman–Crippen MR) is 147 cm³/mol. The minimum atomic E-state index is -0.974. The Morgan fingerprint density at radius 3 is 2.18 bits per heavy atom. The third kappa shape index (κ3) is 6.38. The molecule has 9 nitrogen and oxygen atoms in total. The summed E-state index contributed by atoms with van der Waals surface area (Å²) in [5.74, 6) is -1.77. The van der Waals surface area contributed by atoms with Gasteiger partial charge in [-0.3, -0.25) is 14.6 Å². The highest BCUT2D eigenvalue weighted by atomic mass is 16.6. The van der Waals surface area contributed by atoms with Crippen LogP contribution in [-0.4, -0.2) is 39.0 Å². The third-order valence-electron chi connectivity index (χ3n) is 6.53. The number of ether oxygens (including phenoxy) is 1. The first-order valence-corrected chi connectivity index (χ1v) is 12.6. The second-order valence-electron chi connectivity index (χ2n) is 9.69. The molecule has 9 heteroatoms. The zero-order valence-corrected chi connectivity index (χ0v) is 21.9. The van der Waals surface area contributed by atoms with E-state index in [4.69, 9.17) is 4.74 Å². The molecule has 0 spiro atoms. The van der Waals surface area contributed by atoms with Gasteiger partial charge in [0.1, 0.15) is 5.75 Å². The van der Waals surface area contributed by atoms with E-state index in [0.717, 1.165) is 10.8 Å². The van der Waals surface area contributed by atoms with Crippen LogP contribution in [0.25, 0.3) is 10.8 Å². The molecule has 1 heterocycles. The second kappa shape index (κ2) is 11.7. The lowest BCUT2D eigenvalue weighted by Crippen LogP contribution is -2.46. The summed E-state index contributed by atoms with van der Waals surface area (Å²) in [5.41, 5.74) is 0.792. The van der Waals surface area contributed by atoms with Crippen LogP contribution in [0.3, 0.4) is 0 Å². The van der Waals surface area contributed by atoms with Crippen molar-refractivity contribution in [2.75, 3.05) is 0 Å². The maximum atomic E-state index is 13.2. The van der Waals surface area contributed by atoms with Crippen LogP contribution in [0.5, 0.6) is 17.5 Å². The Morgan fingerprint density at radius 2 is 1.54 bits per heavy atom. The number of Topliss-reactive ketones (excluding diaryl/α,β-unsaturated/α-hetero) is 1. The van der Waals surface area contributed by atoms with Crippen molar-refractivity contribution in [1.29, 1.82) is 0 Å². The zero-order valence-electron chi connectivity index (χ0n) is 21.9. The van der Waals surface area contributed by atoms with Crippen molar-refractivity contribution in [1.82, 2.24) is 15.6 Å². The van der Waals surface area contributed by atoms with Crippen molar-refractivity contribution in [3.05, 3.63) is 89.5 Å². The van der Waals surface area contributed by atoms with Gasteiger partial charge in [0.2, 0.25) is 11.8 Å². The highest BCUT2D eigenvalue weighted by molar-refractivity contribution is 6.05. The smallest absolute Gasteiger partial charge is 0.413 e. The number of hydrogen-bond donors (Lipinski definition) is 5. The number of hydrogen-bond acceptors (Lipinski definition) is 6. The van der Waals surface area contributed by atoms with Gasteiger partial charge in [-0.15, -0.1) is 0 Å². The summed E-state index contributed by atoms with van der Waals surface area (Å²) in [5, 5.41) is 27.4. The molecule has 0 aliphatic heterocycles. The van der Waals surface area contributed by atoms with Crippen LogP contribution in [0.4, 0.5) is 4.79 Å². The molecule has 39 heavy (non-hydrogen) atoms. The van der Waals surface area contributed by atoms with Gasteiger partial charge in [0.15, 0.2) is 11.7 Å². The van der Waals surface area contributed by atoms with Crippen LogP contribution in [0, 0.1) is 12.8 Å². The number of aromatic nitrogens is 1. The molecule has 0 aliphatic carbocycles. The first-order chi connectivity index (χ1) is 18.6. The molecule has 0 bridgehead atoms. The van der Waals surface area contributed by atoms with Crippen molar-refractivity contribution in [3.8, 4) is 17.5 Å². The maximum Gasteiger partial charge on any atom is 0.413 e. The average Bonchev–Trinajstić information content (AvgIpc) is 3.17. The van der Waals surface area contributed by atoms with Crippen LogP contribution in [-0.2, 0) is 4.79 Å². The van der Waals surface area contributed by atoms with E-state index in [1.807, 2.05) is 36.4 Å². The van der Waals surface area contributed by atoms with Gasteiger partial charge in [-0.25, -0.2) is 4.79 Å². The molecule has 2 atom stereocenters. The van der Waals surface area contributed by atoms with Gasteiger partial charge in [-0.1, -0.05) is 74.5 Å². The number of aromatic amines is 1. The molecule has 3 aromatic carbocycles. The fraction of sp³-hybridized carbons (Fsp3) is 0.233. The molecule has 1 unspecified atom stereocenters. The Bertz CT molecular complexity index is 1500. The average molecular weight is 530 g/mol. The normalized spacial score (nSPS) is 12.6. The van der Waals surface area contributed by atoms with Crippen LogP contribution in [0.2, 0.25) is 0 Å². The van der Waals surface area contributed by atoms with Gasteiger partial charge in [-0.2, -0.15) is 0 Å². The number of H-pyrrole nitrogens is 1. The summed E-state index contributed by atoms with van der Waals surface area (Å²) in [6.45, 7) is 5.01. The minimum absolute atomic E-state index is 0.0804. The van der Waals surface area contributed by atoms with E-state index in [1.54, 1.807) is 50.2 Å². The van der Waals surface area contributed by atoms with E-state index in [9.17, 15) is 24.6 Å². The van der Waals surface area contributed by atoms with E-state index >= 15 is 0 Å². The summed E-state index contributed by atoms with van der Waals surface area (Å²) in [6.07, 6.45) is -0.900. The Morgan fingerprint density at radius 1 is 0.872 bits per heavy atom. The number of aromatic hydroxyl groups is 2. The van der Waals surface area contributed by atoms with E-state index in [1.165, 1.54) is 6.92 Å². The monoisotopic (exact) mass is 529 g/mol. The second-order valence-corrected chi connectivity index (χ2v) is 9.69. The van der Waals surface area contributed by atoms with E-state index < -0.39 is 35.7 Å². The number of amides is 2. The van der Waals surface area contributed by atoms with Gasteiger partial charge < -0.3 is 25.6 Å². The lowest BCUT2D eigenvalue weighted by atomic mass is 9.93. The fourth-order valence-corrected chi connectivity index (χ4v) is 4.42. The molecule has 0 saturated carbocycles. The van der Waals surface area contributed by atoms with Gasteiger partial charge in [0.05, 0.1) is 24.1 Å². The molecule has 0 aliphatic rings. The molecule has 5 N–H and O–H groups in total. The van der Waals surface area contributed by atoms with Crippen LogP contribution < -0.4 is 15.4 Å². The van der Waals surface area contributed by atoms with E-state index in [0.29, 0.717) is 11.3 Å². The highest BCUT2D eigenvalue weighted by Crippen LogP contribution is 2.30. The summed E-state index contributed by atoms with van der Waals surface area (Å²) in [4.78, 5) is 41.5. The summed E-state index contributed by atoms with van der Waals surface area (Å²) >= 11 is 0. The third-order valence-corrected chi connectivity index (χ3v) is 6.53. The summed E-state index contributed by atoms with van der Waals surface area (Å²) in [6, 6.07) is 20.3. The van der Waals surface area contributed by atoms with Gasteiger partial charge in [0.25, 0.3) is 0 Å². The van der Waals surface area contributed by atoms with E-state index in [2.05, 4.69) is 15.6 Å². The molecular formula is C30H31N3O6. The molecular weight excluding hydrogens is 498 g/mol. The first-order valence-electron chi connectivity index (χ1n) is 12.6. The van der Waals surface area contributed by atoms with Crippen LogP contribution >= 0.6 is 0 Å². The number of ketones is 1.